The maximum absolute atomic E-state index is 11.9. The molecule has 0 atom stereocenters. The minimum atomic E-state index is -0.255. The lowest BCUT2D eigenvalue weighted by Gasteiger charge is -2.07. The van der Waals surface area contributed by atoms with Crippen LogP contribution in [0.5, 0.6) is 11.5 Å². The minimum absolute atomic E-state index is 0.255. The first-order chi connectivity index (χ1) is 12.2. The van der Waals surface area contributed by atoms with Crippen LogP contribution in [0, 0.1) is 0 Å². The second kappa shape index (κ2) is 6.37. The number of nitrogens with zero attached hydrogens (tertiary/aromatic N) is 2. The van der Waals surface area contributed by atoms with E-state index in [2.05, 4.69) is 15.4 Å². The molecule has 0 aliphatic rings. The molecule has 0 bridgehead atoms. The first kappa shape index (κ1) is 15.4. The van der Waals surface area contributed by atoms with E-state index in [9.17, 15) is 4.79 Å². The smallest absolute Gasteiger partial charge is 0.275 e. The summed E-state index contributed by atoms with van der Waals surface area (Å²) >= 11 is 5.87. The number of hydrogen-bond acceptors (Lipinski definition) is 4. The molecule has 1 heterocycles. The molecule has 4 aromatic rings. The average molecular weight is 350 g/mol. The van der Waals surface area contributed by atoms with Gasteiger partial charge >= 0.3 is 0 Å². The molecule has 0 fully saturated rings. The first-order valence-corrected chi connectivity index (χ1v) is 7.96. The minimum Gasteiger partial charge on any atom is -0.457 e. The molecule has 122 valence electrons. The summed E-state index contributed by atoms with van der Waals surface area (Å²) in [6.45, 7) is 0. The third-order valence-electron chi connectivity index (χ3n) is 3.79. The van der Waals surface area contributed by atoms with Crippen LogP contribution in [0.4, 0.5) is 0 Å². The Kier molecular flexibility index (Phi) is 3.91. The second-order valence-electron chi connectivity index (χ2n) is 5.45. The zero-order valence-corrected chi connectivity index (χ0v) is 13.7. The van der Waals surface area contributed by atoms with Crippen LogP contribution in [0.1, 0.15) is 0 Å². The van der Waals surface area contributed by atoms with Crippen molar-refractivity contribution in [3.8, 4) is 22.6 Å². The number of benzene rings is 3. The van der Waals surface area contributed by atoms with Gasteiger partial charge in [0.2, 0.25) is 0 Å². The molecule has 0 unspecified atom stereocenters. The number of aromatic amines is 1. The Labute approximate surface area is 147 Å². The molecule has 0 aliphatic heterocycles. The number of aromatic nitrogens is 3. The molecule has 0 amide bonds. The second-order valence-corrected chi connectivity index (χ2v) is 5.89. The quantitative estimate of drug-likeness (QED) is 0.594. The van der Waals surface area contributed by atoms with Gasteiger partial charge in [-0.15, -0.1) is 5.10 Å². The summed E-state index contributed by atoms with van der Waals surface area (Å²) < 4.78 is 5.78. The van der Waals surface area contributed by atoms with E-state index in [0.29, 0.717) is 21.7 Å². The third kappa shape index (κ3) is 3.22. The van der Waals surface area contributed by atoms with Crippen LogP contribution in [0.2, 0.25) is 5.02 Å². The van der Waals surface area contributed by atoms with Crippen LogP contribution < -0.4 is 10.3 Å². The zero-order chi connectivity index (χ0) is 17.2. The maximum atomic E-state index is 11.9. The largest absolute Gasteiger partial charge is 0.457 e. The van der Waals surface area contributed by atoms with Gasteiger partial charge < -0.3 is 4.74 Å². The topological polar surface area (TPSA) is 67.9 Å². The van der Waals surface area contributed by atoms with Gasteiger partial charge in [-0.2, -0.15) is 0 Å². The van der Waals surface area contributed by atoms with Crippen LogP contribution >= 0.6 is 11.6 Å². The lowest BCUT2D eigenvalue weighted by molar-refractivity contribution is 0.483. The highest BCUT2D eigenvalue weighted by molar-refractivity contribution is 6.30. The maximum Gasteiger partial charge on any atom is 0.275 e. The Morgan fingerprint density at radius 2 is 1.48 bits per heavy atom. The van der Waals surface area contributed by atoms with E-state index >= 15 is 0 Å². The molecule has 0 aliphatic carbocycles. The summed E-state index contributed by atoms with van der Waals surface area (Å²) in [5.74, 6) is 1.43. The Balaban J connectivity index is 1.62. The number of fused-ring (bicyclic) bond motifs is 1. The van der Waals surface area contributed by atoms with Crippen molar-refractivity contribution in [3.05, 3.63) is 82.1 Å². The van der Waals surface area contributed by atoms with Gasteiger partial charge in [0.1, 0.15) is 17.0 Å². The van der Waals surface area contributed by atoms with E-state index in [1.165, 1.54) is 0 Å². The van der Waals surface area contributed by atoms with Crippen LogP contribution in [0.15, 0.2) is 71.5 Å². The monoisotopic (exact) mass is 349 g/mol. The molecule has 1 aromatic heterocycles. The lowest BCUT2D eigenvalue weighted by atomic mass is 10.0. The first-order valence-electron chi connectivity index (χ1n) is 7.58. The van der Waals surface area contributed by atoms with Gasteiger partial charge in [0.15, 0.2) is 0 Å². The van der Waals surface area contributed by atoms with Gasteiger partial charge in [-0.05, 0) is 59.7 Å². The summed E-state index contributed by atoms with van der Waals surface area (Å²) in [5.41, 5.74) is 2.20. The van der Waals surface area contributed by atoms with E-state index in [-0.39, 0.29) is 5.56 Å². The van der Waals surface area contributed by atoms with E-state index in [1.54, 1.807) is 24.3 Å². The Hall–Kier alpha value is -3.18. The summed E-state index contributed by atoms with van der Waals surface area (Å²) in [7, 11) is 0. The molecule has 0 spiro atoms. The fourth-order valence-electron chi connectivity index (χ4n) is 2.52. The molecular weight excluding hydrogens is 338 g/mol. The van der Waals surface area contributed by atoms with Gasteiger partial charge in [-0.3, -0.25) is 4.79 Å². The molecule has 0 radical (unpaired) electrons. The molecule has 4 rings (SSSR count). The molecule has 6 heteroatoms. The van der Waals surface area contributed by atoms with Crippen molar-refractivity contribution in [1.82, 2.24) is 15.4 Å². The highest BCUT2D eigenvalue weighted by Gasteiger charge is 2.05. The molecule has 0 saturated heterocycles. The normalized spacial score (nSPS) is 10.8. The van der Waals surface area contributed by atoms with Gasteiger partial charge in [-0.25, -0.2) is 5.10 Å². The van der Waals surface area contributed by atoms with Gasteiger partial charge in [0.05, 0.1) is 5.39 Å². The van der Waals surface area contributed by atoms with Gasteiger partial charge in [-0.1, -0.05) is 35.0 Å². The van der Waals surface area contributed by atoms with Crippen molar-refractivity contribution in [1.29, 1.82) is 0 Å². The van der Waals surface area contributed by atoms with Crippen molar-refractivity contribution in [3.63, 3.8) is 0 Å². The van der Waals surface area contributed by atoms with Gasteiger partial charge in [0.25, 0.3) is 5.56 Å². The molecule has 25 heavy (non-hydrogen) atoms. The highest BCUT2D eigenvalue weighted by Crippen LogP contribution is 2.27. The summed E-state index contributed by atoms with van der Waals surface area (Å²) in [6.07, 6.45) is 0. The summed E-state index contributed by atoms with van der Waals surface area (Å²) in [4.78, 5) is 11.9. The molecule has 5 nitrogen and oxygen atoms in total. The number of rotatable bonds is 3. The van der Waals surface area contributed by atoms with Crippen molar-refractivity contribution in [2.24, 2.45) is 0 Å². The molecule has 0 saturated carbocycles. The molecule has 1 N–H and O–H groups in total. The highest BCUT2D eigenvalue weighted by atomic mass is 35.5. The zero-order valence-electron chi connectivity index (χ0n) is 12.9. The van der Waals surface area contributed by atoms with Gasteiger partial charge in [0, 0.05) is 5.02 Å². The number of hydrogen-bond donors (Lipinski definition) is 1. The summed E-state index contributed by atoms with van der Waals surface area (Å²) in [6, 6.07) is 20.3. The third-order valence-corrected chi connectivity index (χ3v) is 4.04. The summed E-state index contributed by atoms with van der Waals surface area (Å²) in [5, 5.41) is 11.0. The van der Waals surface area contributed by atoms with Crippen LogP contribution in [-0.2, 0) is 0 Å². The van der Waals surface area contributed by atoms with E-state index in [1.807, 2.05) is 42.5 Å². The number of nitrogens with one attached hydrogen (secondary N) is 1. The van der Waals surface area contributed by atoms with E-state index in [4.69, 9.17) is 16.3 Å². The molecule has 3 aromatic carbocycles. The fourth-order valence-corrected chi connectivity index (χ4v) is 2.65. The van der Waals surface area contributed by atoms with Crippen molar-refractivity contribution >= 4 is 22.5 Å². The average Bonchev–Trinajstić information content (AvgIpc) is 2.64. The van der Waals surface area contributed by atoms with Crippen LogP contribution in [-0.4, -0.2) is 15.4 Å². The standard InChI is InChI=1S/C19H12ClN3O2/c20-14-4-8-16(9-5-14)25-15-6-1-12(2-7-15)13-3-10-18-17(11-13)19(24)22-23-21-18/h1-11H,(H,21,22,24). The Morgan fingerprint density at radius 3 is 2.20 bits per heavy atom. The predicted octanol–water partition coefficient (Wildman–Crippen LogP) is 4.43. The lowest BCUT2D eigenvalue weighted by Crippen LogP contribution is -2.09. The van der Waals surface area contributed by atoms with Crippen molar-refractivity contribution in [2.75, 3.05) is 0 Å². The van der Waals surface area contributed by atoms with Crippen LogP contribution in [0.3, 0.4) is 0 Å². The van der Waals surface area contributed by atoms with E-state index in [0.717, 1.165) is 16.9 Å². The van der Waals surface area contributed by atoms with Crippen LogP contribution in [0.25, 0.3) is 22.0 Å². The van der Waals surface area contributed by atoms with E-state index < -0.39 is 0 Å². The number of H-pyrrole nitrogens is 1. The SMILES string of the molecule is O=c1[nH]nnc2ccc(-c3ccc(Oc4ccc(Cl)cc4)cc3)cc12. The number of ether oxygens (including phenoxy) is 1. The fraction of sp³-hybridized carbons (Fsp3) is 0. The predicted molar refractivity (Wildman–Crippen MR) is 97.1 cm³/mol. The molecular formula is C19H12ClN3O2. The Morgan fingerprint density at radius 1 is 0.840 bits per heavy atom. The van der Waals surface area contributed by atoms with Crippen molar-refractivity contribution in [2.45, 2.75) is 0 Å². The van der Waals surface area contributed by atoms with Crippen molar-refractivity contribution < 1.29 is 4.74 Å². The number of halogens is 1. The Bertz CT molecular complexity index is 1090.